The molecule has 2 heterocycles. The first-order valence-corrected chi connectivity index (χ1v) is 22.8. The van der Waals surface area contributed by atoms with Gasteiger partial charge in [0.25, 0.3) is 6.71 Å². The molecule has 0 saturated heterocycles. The van der Waals surface area contributed by atoms with Crippen molar-refractivity contribution in [3.63, 3.8) is 0 Å². The fraction of sp³-hybridized carbons (Fsp3) is 0.276. The molecule has 0 aromatic heterocycles. The Balaban J connectivity index is 1.15. The molecular formula is C58H57BN2O. The van der Waals surface area contributed by atoms with Crippen molar-refractivity contribution >= 4 is 57.2 Å². The highest BCUT2D eigenvalue weighted by Gasteiger charge is 2.43. The van der Waals surface area contributed by atoms with E-state index in [1.807, 2.05) is 0 Å². The summed E-state index contributed by atoms with van der Waals surface area (Å²) in [5.74, 6) is 1.84. The maximum absolute atomic E-state index is 6.88. The summed E-state index contributed by atoms with van der Waals surface area (Å²) in [5.41, 5.74) is 19.4. The van der Waals surface area contributed by atoms with E-state index in [9.17, 15) is 0 Å². The third kappa shape index (κ3) is 6.08. The highest BCUT2D eigenvalue weighted by molar-refractivity contribution is 6.99. The fourth-order valence-corrected chi connectivity index (χ4v) is 11.3. The molecule has 11 rings (SSSR count). The maximum atomic E-state index is 6.88. The van der Waals surface area contributed by atoms with Crippen LogP contribution in [-0.2, 0) is 21.7 Å². The van der Waals surface area contributed by atoms with Gasteiger partial charge in [-0.25, -0.2) is 0 Å². The highest BCUT2D eigenvalue weighted by atomic mass is 16.5. The predicted octanol–water partition coefficient (Wildman–Crippen LogP) is 13.9. The second kappa shape index (κ2) is 13.8. The maximum Gasteiger partial charge on any atom is 0.256 e. The van der Waals surface area contributed by atoms with Gasteiger partial charge in [0.2, 0.25) is 0 Å². The van der Waals surface area contributed by atoms with Crippen LogP contribution in [0.15, 0.2) is 152 Å². The van der Waals surface area contributed by atoms with Crippen LogP contribution in [-0.4, -0.2) is 6.71 Å². The molecule has 0 unspecified atom stereocenters. The number of rotatable bonds is 5. The molecule has 0 N–H and O–H groups in total. The van der Waals surface area contributed by atoms with Crippen molar-refractivity contribution in [2.75, 3.05) is 9.80 Å². The molecule has 4 heteroatoms. The first kappa shape index (κ1) is 38.9. The lowest BCUT2D eigenvalue weighted by Crippen LogP contribution is -2.59. The topological polar surface area (TPSA) is 15.7 Å². The molecule has 4 aliphatic rings. The average molecular weight is 809 g/mol. The zero-order valence-electron chi connectivity index (χ0n) is 37.6. The molecule has 0 saturated carbocycles. The minimum Gasteiger partial charge on any atom is -0.458 e. The first-order chi connectivity index (χ1) is 29.7. The number of nitrogens with zero attached hydrogens (tertiary/aromatic N) is 2. The second-order valence-electron chi connectivity index (χ2n) is 21.1. The molecule has 7 aromatic carbocycles. The Kier molecular flexibility index (Phi) is 8.63. The molecule has 0 spiro atoms. The van der Waals surface area contributed by atoms with E-state index in [1.165, 1.54) is 87.0 Å². The largest absolute Gasteiger partial charge is 0.458 e. The summed E-state index contributed by atoms with van der Waals surface area (Å²) in [6.07, 6.45) is 4.73. The van der Waals surface area contributed by atoms with E-state index in [1.54, 1.807) is 0 Å². The van der Waals surface area contributed by atoms with E-state index in [4.69, 9.17) is 4.74 Å². The van der Waals surface area contributed by atoms with Gasteiger partial charge in [-0.05, 0) is 164 Å². The fourth-order valence-electron chi connectivity index (χ4n) is 11.3. The van der Waals surface area contributed by atoms with Crippen molar-refractivity contribution in [1.82, 2.24) is 0 Å². The Hall–Kier alpha value is -6.00. The van der Waals surface area contributed by atoms with Crippen LogP contribution in [0.5, 0.6) is 11.5 Å². The molecule has 0 fully saturated rings. The summed E-state index contributed by atoms with van der Waals surface area (Å²) in [6, 6.07) is 56.9. The van der Waals surface area contributed by atoms with Crippen LogP contribution >= 0.6 is 0 Å². The number of ether oxygens (including phenoxy) is 1. The molecule has 62 heavy (non-hydrogen) atoms. The Bertz CT molecular complexity index is 2830. The van der Waals surface area contributed by atoms with Crippen LogP contribution in [0.25, 0.3) is 11.1 Å². The van der Waals surface area contributed by atoms with Crippen molar-refractivity contribution in [3.05, 3.63) is 174 Å². The molecule has 0 bridgehead atoms. The van der Waals surface area contributed by atoms with Crippen LogP contribution in [0.1, 0.15) is 103 Å². The van der Waals surface area contributed by atoms with Gasteiger partial charge in [-0.2, -0.15) is 0 Å². The molecule has 0 amide bonds. The molecular weight excluding hydrogens is 751 g/mol. The summed E-state index contributed by atoms with van der Waals surface area (Å²) in [5, 5.41) is 0. The number of hydrogen-bond acceptors (Lipinski definition) is 3. The SMILES string of the molecule is CC1(C)CCC(C)(C)c2cc(N(c3ccc4c(c3)N(c3ccccc3)c3cccc5c3B4c3ccc(-c4ccccc4)cc3O5)c3ccc4c(c3)C(C)(C)CCC4(C)C)ccc21. The average Bonchev–Trinajstić information content (AvgIpc) is 3.27. The molecule has 7 aromatic rings. The number of hydrogen-bond donors (Lipinski definition) is 0. The van der Waals surface area contributed by atoms with Crippen molar-refractivity contribution in [2.45, 2.75) is 103 Å². The number of fused-ring (bicyclic) bond motifs is 6. The minimum absolute atomic E-state index is 0.00536. The standard InChI is InChI=1S/C58H57BN2O/c1-55(2)30-32-57(5,6)46-35-41(23-26-44(46)55)60(42-24-27-45-47(36-42)58(7,8)33-31-56(45,3)4)43-25-29-48-51(37-43)61(40-18-13-10-14-19-40)50-20-15-21-52-54(50)59(48)49-28-22-39(34-53(49)62-52)38-16-11-9-12-17-38/h9-29,34-37H,30-33H2,1-8H3. The third-order valence-electron chi connectivity index (χ3n) is 15.3. The highest BCUT2D eigenvalue weighted by Crippen LogP contribution is 2.52. The number of para-hydroxylation sites is 1. The Morgan fingerprint density at radius 2 is 0.968 bits per heavy atom. The van der Waals surface area contributed by atoms with Crippen molar-refractivity contribution < 1.29 is 4.74 Å². The van der Waals surface area contributed by atoms with Crippen molar-refractivity contribution in [1.29, 1.82) is 0 Å². The van der Waals surface area contributed by atoms with Gasteiger partial charge >= 0.3 is 0 Å². The van der Waals surface area contributed by atoms with E-state index >= 15 is 0 Å². The monoisotopic (exact) mass is 808 g/mol. The van der Waals surface area contributed by atoms with Gasteiger partial charge in [-0.3, -0.25) is 0 Å². The van der Waals surface area contributed by atoms with Crippen LogP contribution in [0.2, 0.25) is 0 Å². The third-order valence-corrected chi connectivity index (χ3v) is 15.3. The van der Waals surface area contributed by atoms with Gasteiger partial charge in [0.15, 0.2) is 0 Å². The summed E-state index contributed by atoms with van der Waals surface area (Å²) < 4.78 is 6.88. The van der Waals surface area contributed by atoms with Gasteiger partial charge in [-0.15, -0.1) is 0 Å². The second-order valence-corrected chi connectivity index (χ2v) is 21.1. The van der Waals surface area contributed by atoms with Gasteiger partial charge in [-0.1, -0.05) is 140 Å². The van der Waals surface area contributed by atoms with Gasteiger partial charge in [0.05, 0.1) is 0 Å². The molecule has 308 valence electrons. The Labute approximate surface area is 369 Å². The summed E-state index contributed by atoms with van der Waals surface area (Å²) >= 11 is 0. The smallest absolute Gasteiger partial charge is 0.256 e. The lowest BCUT2D eigenvalue weighted by Gasteiger charge is -2.44. The van der Waals surface area contributed by atoms with E-state index in [0.29, 0.717) is 0 Å². The molecule has 0 radical (unpaired) electrons. The summed E-state index contributed by atoms with van der Waals surface area (Å²) in [7, 11) is 0. The predicted molar refractivity (Wildman–Crippen MR) is 263 cm³/mol. The lowest BCUT2D eigenvalue weighted by atomic mass is 9.34. The minimum atomic E-state index is 0.00536. The Morgan fingerprint density at radius 3 is 1.58 bits per heavy atom. The van der Waals surface area contributed by atoms with E-state index in [2.05, 4.69) is 217 Å². The number of anilines is 6. The normalized spacial score (nSPS) is 18.0. The van der Waals surface area contributed by atoms with Gasteiger partial charge < -0.3 is 14.5 Å². The molecule has 3 nitrogen and oxygen atoms in total. The first-order valence-electron chi connectivity index (χ1n) is 22.8. The Morgan fingerprint density at radius 1 is 0.435 bits per heavy atom. The van der Waals surface area contributed by atoms with Crippen molar-refractivity contribution in [2.24, 2.45) is 0 Å². The van der Waals surface area contributed by atoms with Crippen LogP contribution < -0.4 is 30.9 Å². The van der Waals surface area contributed by atoms with Crippen LogP contribution in [0.3, 0.4) is 0 Å². The number of benzene rings is 7. The quantitative estimate of drug-likeness (QED) is 0.161. The summed E-state index contributed by atoms with van der Waals surface area (Å²) in [6.45, 7) is 19.5. The van der Waals surface area contributed by atoms with Gasteiger partial charge in [0.1, 0.15) is 11.5 Å². The zero-order valence-corrected chi connectivity index (χ0v) is 37.6. The summed E-state index contributed by atoms with van der Waals surface area (Å²) in [4.78, 5) is 5.02. The lowest BCUT2D eigenvalue weighted by molar-refractivity contribution is 0.332. The zero-order chi connectivity index (χ0) is 42.8. The van der Waals surface area contributed by atoms with Gasteiger partial charge in [0, 0.05) is 34.1 Å². The van der Waals surface area contributed by atoms with E-state index in [0.717, 1.165) is 34.1 Å². The van der Waals surface area contributed by atoms with E-state index in [-0.39, 0.29) is 28.4 Å². The van der Waals surface area contributed by atoms with Crippen molar-refractivity contribution in [3.8, 4) is 22.6 Å². The van der Waals surface area contributed by atoms with E-state index < -0.39 is 0 Å². The van der Waals surface area contributed by atoms with Crippen LogP contribution in [0.4, 0.5) is 34.1 Å². The molecule has 0 atom stereocenters. The van der Waals surface area contributed by atoms with Crippen LogP contribution in [0, 0.1) is 0 Å². The molecule has 2 aliphatic heterocycles. The molecule has 2 aliphatic carbocycles.